The van der Waals surface area contributed by atoms with Crippen molar-refractivity contribution < 1.29 is 14.4 Å². The molecule has 0 aromatic heterocycles. The van der Waals surface area contributed by atoms with E-state index in [0.717, 1.165) is 11.1 Å². The summed E-state index contributed by atoms with van der Waals surface area (Å²) in [7, 11) is 2.74. The number of rotatable bonds is 5. The van der Waals surface area contributed by atoms with Gasteiger partial charge in [-0.2, -0.15) is 0 Å². The summed E-state index contributed by atoms with van der Waals surface area (Å²) >= 11 is 0. The number of methoxy groups -OCH3 is 1. The zero-order chi connectivity index (χ0) is 15.9. The third-order valence-electron chi connectivity index (χ3n) is 3.38. The van der Waals surface area contributed by atoms with Crippen LogP contribution in [0.2, 0.25) is 0 Å². The van der Waals surface area contributed by atoms with E-state index in [1.807, 2.05) is 24.3 Å². The summed E-state index contributed by atoms with van der Waals surface area (Å²) in [6, 6.07) is 16.2. The summed E-state index contributed by atoms with van der Waals surface area (Å²) in [4.78, 5) is 16.4. The minimum atomic E-state index is -0.483. The molecule has 2 aromatic rings. The summed E-state index contributed by atoms with van der Waals surface area (Å²) < 4.78 is 4.72. The second-order valence-corrected chi connectivity index (χ2v) is 4.90. The van der Waals surface area contributed by atoms with Crippen molar-refractivity contribution in [3.8, 4) is 11.1 Å². The molecule has 0 N–H and O–H groups in total. The van der Waals surface area contributed by atoms with Crippen LogP contribution in [0.15, 0.2) is 53.7 Å². The Labute approximate surface area is 130 Å². The summed E-state index contributed by atoms with van der Waals surface area (Å²) in [5.74, 6) is -0.483. The number of nitrogens with zero attached hydrogens (tertiary/aromatic N) is 1. The number of aryl methyl sites for hydroxylation is 1. The lowest BCUT2D eigenvalue weighted by atomic mass is 9.97. The number of hydrogen-bond donors (Lipinski definition) is 0. The van der Waals surface area contributed by atoms with E-state index in [0.29, 0.717) is 6.42 Å². The summed E-state index contributed by atoms with van der Waals surface area (Å²) in [5, 5.41) is 3.75. The maximum absolute atomic E-state index is 11.7. The standard InChI is InChI=1S/C18H19NO3/c1-13-7-4-5-10-16(13)15-9-6-8-14(11-15)12-17(19-22-3)18(20)21-2/h4-11H,12H2,1-3H3/b19-17-. The molecule has 0 bridgehead atoms. The molecule has 0 amide bonds. The van der Waals surface area contributed by atoms with Gasteiger partial charge in [-0.1, -0.05) is 53.7 Å². The monoisotopic (exact) mass is 297 g/mol. The van der Waals surface area contributed by atoms with Crippen molar-refractivity contribution in [1.82, 2.24) is 0 Å². The van der Waals surface area contributed by atoms with Crippen molar-refractivity contribution >= 4 is 11.7 Å². The van der Waals surface area contributed by atoms with Crippen LogP contribution >= 0.6 is 0 Å². The van der Waals surface area contributed by atoms with Gasteiger partial charge in [-0.15, -0.1) is 0 Å². The van der Waals surface area contributed by atoms with E-state index in [9.17, 15) is 4.79 Å². The van der Waals surface area contributed by atoms with E-state index in [1.165, 1.54) is 25.3 Å². The van der Waals surface area contributed by atoms with E-state index >= 15 is 0 Å². The molecule has 2 rings (SSSR count). The maximum Gasteiger partial charge on any atom is 0.356 e. The predicted molar refractivity (Wildman–Crippen MR) is 86.8 cm³/mol. The van der Waals surface area contributed by atoms with Crippen LogP contribution in [0.25, 0.3) is 11.1 Å². The maximum atomic E-state index is 11.7. The summed E-state index contributed by atoms with van der Waals surface area (Å²) in [6.45, 7) is 2.08. The lowest BCUT2D eigenvalue weighted by Crippen LogP contribution is -2.18. The van der Waals surface area contributed by atoms with E-state index in [1.54, 1.807) is 0 Å². The molecule has 0 heterocycles. The highest BCUT2D eigenvalue weighted by molar-refractivity contribution is 6.36. The molecule has 0 radical (unpaired) electrons. The van der Waals surface area contributed by atoms with Crippen molar-refractivity contribution in [3.05, 3.63) is 59.7 Å². The normalized spacial score (nSPS) is 11.1. The van der Waals surface area contributed by atoms with Gasteiger partial charge in [0, 0.05) is 6.42 Å². The Hall–Kier alpha value is -2.62. The predicted octanol–water partition coefficient (Wildman–Crippen LogP) is 3.38. The highest BCUT2D eigenvalue weighted by atomic mass is 16.6. The third kappa shape index (κ3) is 3.73. The number of ether oxygens (including phenoxy) is 1. The van der Waals surface area contributed by atoms with Crippen LogP contribution in [0.4, 0.5) is 0 Å². The van der Waals surface area contributed by atoms with Crippen LogP contribution < -0.4 is 0 Å². The molecule has 4 heteroatoms. The van der Waals surface area contributed by atoms with Gasteiger partial charge in [-0.3, -0.25) is 0 Å². The lowest BCUT2D eigenvalue weighted by molar-refractivity contribution is -0.133. The molecule has 0 atom stereocenters. The Kier molecular flexibility index (Phi) is 5.31. The fourth-order valence-electron chi connectivity index (χ4n) is 2.31. The first-order valence-electron chi connectivity index (χ1n) is 6.99. The zero-order valence-electron chi connectivity index (χ0n) is 13.0. The first-order chi connectivity index (χ1) is 10.7. The van der Waals surface area contributed by atoms with Crippen molar-refractivity contribution in [2.45, 2.75) is 13.3 Å². The van der Waals surface area contributed by atoms with Crippen LogP contribution in [0.3, 0.4) is 0 Å². The second-order valence-electron chi connectivity index (χ2n) is 4.90. The van der Waals surface area contributed by atoms with Crippen LogP contribution in [0, 0.1) is 6.92 Å². The van der Waals surface area contributed by atoms with E-state index < -0.39 is 5.97 Å². The van der Waals surface area contributed by atoms with Crippen molar-refractivity contribution in [1.29, 1.82) is 0 Å². The van der Waals surface area contributed by atoms with Crippen molar-refractivity contribution in [2.75, 3.05) is 14.2 Å². The van der Waals surface area contributed by atoms with E-state index in [4.69, 9.17) is 9.57 Å². The largest absolute Gasteiger partial charge is 0.464 e. The Morgan fingerprint density at radius 3 is 2.55 bits per heavy atom. The fraction of sp³-hybridized carbons (Fsp3) is 0.222. The second kappa shape index (κ2) is 7.41. The molecular weight excluding hydrogens is 278 g/mol. The van der Waals surface area contributed by atoms with Crippen molar-refractivity contribution in [3.63, 3.8) is 0 Å². The van der Waals surface area contributed by atoms with Crippen LogP contribution in [0.5, 0.6) is 0 Å². The van der Waals surface area contributed by atoms with Gasteiger partial charge in [0.15, 0.2) is 5.71 Å². The van der Waals surface area contributed by atoms with Crippen LogP contribution in [-0.4, -0.2) is 25.9 Å². The van der Waals surface area contributed by atoms with Gasteiger partial charge in [-0.05, 0) is 29.2 Å². The van der Waals surface area contributed by atoms with E-state index in [2.05, 4.69) is 36.3 Å². The Bertz CT molecular complexity index is 692. The summed E-state index contributed by atoms with van der Waals surface area (Å²) in [5.41, 5.74) is 4.71. The molecule has 0 saturated carbocycles. The first-order valence-corrected chi connectivity index (χ1v) is 6.99. The number of benzene rings is 2. The fourth-order valence-corrected chi connectivity index (χ4v) is 2.31. The topological polar surface area (TPSA) is 47.9 Å². The first kappa shape index (κ1) is 15.8. The van der Waals surface area contributed by atoms with Crippen LogP contribution in [-0.2, 0) is 20.8 Å². The average molecular weight is 297 g/mol. The average Bonchev–Trinajstić information content (AvgIpc) is 2.54. The summed E-state index contributed by atoms with van der Waals surface area (Å²) in [6.07, 6.45) is 0.361. The highest BCUT2D eigenvalue weighted by Crippen LogP contribution is 2.24. The number of esters is 1. The molecule has 0 saturated heterocycles. The van der Waals surface area contributed by atoms with Crippen molar-refractivity contribution in [2.24, 2.45) is 5.16 Å². The highest BCUT2D eigenvalue weighted by Gasteiger charge is 2.14. The van der Waals surface area contributed by atoms with E-state index in [-0.39, 0.29) is 5.71 Å². The van der Waals surface area contributed by atoms with Gasteiger partial charge in [0.2, 0.25) is 0 Å². The molecule has 0 aliphatic carbocycles. The molecule has 114 valence electrons. The molecular formula is C18H19NO3. The molecule has 0 aliphatic rings. The van der Waals surface area contributed by atoms with Crippen LogP contribution in [0.1, 0.15) is 11.1 Å². The van der Waals surface area contributed by atoms with Gasteiger partial charge >= 0.3 is 5.97 Å². The number of carbonyl (C=O) groups is 1. The molecule has 0 spiro atoms. The molecule has 4 nitrogen and oxygen atoms in total. The molecule has 22 heavy (non-hydrogen) atoms. The molecule has 0 fully saturated rings. The quantitative estimate of drug-likeness (QED) is 0.483. The molecule has 0 unspecified atom stereocenters. The third-order valence-corrected chi connectivity index (χ3v) is 3.38. The Morgan fingerprint density at radius 1 is 1.09 bits per heavy atom. The Morgan fingerprint density at radius 2 is 1.86 bits per heavy atom. The number of oxime groups is 1. The SMILES string of the molecule is CO/N=C(/Cc1cccc(-c2ccccc2C)c1)C(=O)OC. The zero-order valence-corrected chi connectivity index (χ0v) is 13.0. The minimum absolute atomic E-state index is 0.243. The lowest BCUT2D eigenvalue weighted by Gasteiger charge is -2.09. The number of carbonyl (C=O) groups excluding carboxylic acids is 1. The van der Waals surface area contributed by atoms with Gasteiger partial charge in [-0.25, -0.2) is 4.79 Å². The Balaban J connectivity index is 2.31. The number of hydrogen-bond acceptors (Lipinski definition) is 4. The molecule has 2 aromatic carbocycles. The minimum Gasteiger partial charge on any atom is -0.464 e. The van der Waals surface area contributed by atoms with Gasteiger partial charge < -0.3 is 9.57 Å². The molecule has 0 aliphatic heterocycles. The smallest absolute Gasteiger partial charge is 0.356 e. The van der Waals surface area contributed by atoms with Gasteiger partial charge in [0.25, 0.3) is 0 Å². The van der Waals surface area contributed by atoms with Gasteiger partial charge in [0.1, 0.15) is 7.11 Å². The van der Waals surface area contributed by atoms with Gasteiger partial charge in [0.05, 0.1) is 7.11 Å².